The number of Topliss-reactive ketones (excluding diaryl/α,β-unsaturated/α-hetero) is 1. The van der Waals surface area contributed by atoms with Gasteiger partial charge in [0.2, 0.25) is 0 Å². The number of aromatic nitrogens is 1. The Balaban J connectivity index is 1.76. The molecule has 0 bridgehead atoms. The van der Waals surface area contributed by atoms with Gasteiger partial charge in [0.25, 0.3) is 5.78 Å². The van der Waals surface area contributed by atoms with Crippen molar-refractivity contribution >= 4 is 23.3 Å². The smallest absolute Gasteiger partial charge is 0.301 e. The molecule has 1 unspecified atom stereocenters. The third-order valence-electron chi connectivity index (χ3n) is 5.84. The summed E-state index contributed by atoms with van der Waals surface area (Å²) in [5.41, 5.74) is 2.13. The second-order valence-electron chi connectivity index (χ2n) is 8.46. The molecule has 7 nitrogen and oxygen atoms in total. The van der Waals surface area contributed by atoms with Gasteiger partial charge in [0.1, 0.15) is 17.3 Å². The van der Waals surface area contributed by atoms with E-state index in [9.17, 15) is 14.7 Å². The summed E-state index contributed by atoms with van der Waals surface area (Å²) in [6, 6.07) is 15.1. The van der Waals surface area contributed by atoms with Gasteiger partial charge in [0, 0.05) is 11.6 Å². The Morgan fingerprint density at radius 3 is 2.38 bits per heavy atom. The highest BCUT2D eigenvalue weighted by Crippen LogP contribution is 2.42. The van der Waals surface area contributed by atoms with Crippen molar-refractivity contribution in [1.82, 2.24) is 5.16 Å². The fraction of sp³-hybridized carbons (Fsp3) is 0.296. The van der Waals surface area contributed by atoms with Crippen LogP contribution in [-0.2, 0) is 9.59 Å². The van der Waals surface area contributed by atoms with Crippen molar-refractivity contribution in [3.63, 3.8) is 0 Å². The van der Waals surface area contributed by atoms with E-state index in [-0.39, 0.29) is 17.2 Å². The molecule has 1 fully saturated rings. The average molecular weight is 461 g/mol. The Kier molecular flexibility index (Phi) is 6.82. The van der Waals surface area contributed by atoms with E-state index in [4.69, 9.17) is 9.26 Å². The molecular formula is C27H28N2O5. The highest BCUT2D eigenvalue weighted by atomic mass is 16.5. The Bertz CT molecular complexity index is 1210. The molecule has 7 heteroatoms. The predicted molar refractivity (Wildman–Crippen MR) is 129 cm³/mol. The quantitative estimate of drug-likeness (QED) is 0.207. The highest BCUT2D eigenvalue weighted by Gasteiger charge is 2.48. The fourth-order valence-corrected chi connectivity index (χ4v) is 4.01. The molecule has 0 saturated carbocycles. The molecule has 1 atom stereocenters. The van der Waals surface area contributed by atoms with Crippen molar-refractivity contribution in [2.45, 2.75) is 46.1 Å². The Morgan fingerprint density at radius 1 is 1.06 bits per heavy atom. The minimum absolute atomic E-state index is 0.00567. The van der Waals surface area contributed by atoms with E-state index >= 15 is 0 Å². The van der Waals surface area contributed by atoms with Gasteiger partial charge in [0.15, 0.2) is 5.82 Å². The second-order valence-corrected chi connectivity index (χ2v) is 8.46. The lowest BCUT2D eigenvalue weighted by molar-refractivity contribution is -0.132. The first-order chi connectivity index (χ1) is 16.4. The van der Waals surface area contributed by atoms with Gasteiger partial charge in [-0.2, -0.15) is 0 Å². The average Bonchev–Trinajstić information content (AvgIpc) is 3.37. The number of unbranched alkanes of at least 4 members (excludes halogenated alkanes) is 2. The molecule has 2 heterocycles. The molecular weight excluding hydrogens is 432 g/mol. The second kappa shape index (κ2) is 9.95. The number of ether oxygens (including phenoxy) is 1. The standard InChI is InChI=1S/C27H28N2O5/c1-4-5-6-15-33-21-13-11-19(12-14-21)24-23(25(30)20-9-7-17(2)8-10-20)26(31)27(32)29(24)22-16-18(3)34-28-22/h7-14,16,24,30H,4-6,15H2,1-3H3/b25-23-. The lowest BCUT2D eigenvalue weighted by Gasteiger charge is -2.23. The monoisotopic (exact) mass is 460 g/mol. The van der Waals surface area contributed by atoms with Crippen molar-refractivity contribution in [2.24, 2.45) is 0 Å². The van der Waals surface area contributed by atoms with E-state index < -0.39 is 17.7 Å². The maximum absolute atomic E-state index is 13.1. The number of carbonyl (C=O) groups excluding carboxylic acids is 2. The van der Waals surface area contributed by atoms with Gasteiger partial charge in [-0.15, -0.1) is 0 Å². The summed E-state index contributed by atoms with van der Waals surface area (Å²) in [4.78, 5) is 27.5. The van der Waals surface area contributed by atoms with Crippen LogP contribution >= 0.6 is 0 Å². The SMILES string of the molecule is CCCCCOc1ccc(C2/C(=C(/O)c3ccc(C)cc3)C(=O)C(=O)N2c2cc(C)on2)cc1. The molecule has 0 aliphatic carbocycles. The van der Waals surface area contributed by atoms with Crippen LogP contribution in [0.1, 0.15) is 54.7 Å². The first-order valence-corrected chi connectivity index (χ1v) is 11.4. The summed E-state index contributed by atoms with van der Waals surface area (Å²) < 4.78 is 11.0. The summed E-state index contributed by atoms with van der Waals surface area (Å²) in [5, 5.41) is 15.1. The molecule has 0 radical (unpaired) electrons. The number of aliphatic hydroxyl groups excluding tert-OH is 1. The molecule has 1 aliphatic rings. The van der Waals surface area contributed by atoms with Gasteiger partial charge in [0.05, 0.1) is 18.2 Å². The molecule has 34 heavy (non-hydrogen) atoms. The van der Waals surface area contributed by atoms with Crippen LogP contribution in [0.5, 0.6) is 5.75 Å². The highest BCUT2D eigenvalue weighted by molar-refractivity contribution is 6.51. The minimum atomic E-state index is -0.861. The number of aryl methyl sites for hydroxylation is 2. The number of rotatable bonds is 8. The molecule has 1 aromatic heterocycles. The first-order valence-electron chi connectivity index (χ1n) is 11.4. The number of aliphatic hydroxyl groups is 1. The summed E-state index contributed by atoms with van der Waals surface area (Å²) in [6.45, 7) is 6.40. The van der Waals surface area contributed by atoms with Gasteiger partial charge in [-0.1, -0.05) is 66.9 Å². The van der Waals surface area contributed by atoms with E-state index in [1.807, 2.05) is 19.1 Å². The zero-order valence-corrected chi connectivity index (χ0v) is 19.6. The van der Waals surface area contributed by atoms with Crippen LogP contribution in [0.2, 0.25) is 0 Å². The molecule has 1 aliphatic heterocycles. The molecule has 1 amide bonds. The summed E-state index contributed by atoms with van der Waals surface area (Å²) in [6.07, 6.45) is 3.19. The van der Waals surface area contributed by atoms with Crippen LogP contribution < -0.4 is 9.64 Å². The Hall–Kier alpha value is -3.87. The van der Waals surface area contributed by atoms with E-state index in [1.165, 1.54) is 4.90 Å². The molecule has 4 rings (SSSR count). The Morgan fingerprint density at radius 2 is 1.76 bits per heavy atom. The van der Waals surface area contributed by atoms with Gasteiger partial charge in [-0.25, -0.2) is 0 Å². The largest absolute Gasteiger partial charge is 0.507 e. The zero-order chi connectivity index (χ0) is 24.2. The van der Waals surface area contributed by atoms with Crippen molar-refractivity contribution in [3.05, 3.63) is 82.6 Å². The molecule has 1 N–H and O–H groups in total. The summed E-state index contributed by atoms with van der Waals surface area (Å²) in [7, 11) is 0. The summed E-state index contributed by atoms with van der Waals surface area (Å²) >= 11 is 0. The number of ketones is 1. The van der Waals surface area contributed by atoms with Crippen LogP contribution in [0.15, 0.2) is 64.7 Å². The molecule has 1 saturated heterocycles. The van der Waals surface area contributed by atoms with Crippen LogP contribution in [0.4, 0.5) is 5.82 Å². The van der Waals surface area contributed by atoms with E-state index in [1.54, 1.807) is 49.4 Å². The van der Waals surface area contributed by atoms with Crippen LogP contribution in [0, 0.1) is 13.8 Å². The van der Waals surface area contributed by atoms with Crippen LogP contribution in [-0.4, -0.2) is 28.6 Å². The molecule has 176 valence electrons. The molecule has 3 aromatic rings. The number of hydrogen-bond donors (Lipinski definition) is 1. The number of carbonyl (C=O) groups is 2. The number of anilines is 1. The zero-order valence-electron chi connectivity index (χ0n) is 19.6. The lowest BCUT2D eigenvalue weighted by Crippen LogP contribution is -2.29. The van der Waals surface area contributed by atoms with E-state index in [0.29, 0.717) is 29.2 Å². The number of benzene rings is 2. The maximum Gasteiger partial charge on any atom is 0.301 e. The molecule has 2 aromatic carbocycles. The van der Waals surface area contributed by atoms with Gasteiger partial charge < -0.3 is 14.4 Å². The third-order valence-corrected chi connectivity index (χ3v) is 5.84. The molecule has 0 spiro atoms. The van der Waals surface area contributed by atoms with Gasteiger partial charge in [-0.3, -0.25) is 14.5 Å². The Labute approximate surface area is 198 Å². The van der Waals surface area contributed by atoms with Crippen molar-refractivity contribution in [2.75, 3.05) is 11.5 Å². The van der Waals surface area contributed by atoms with Gasteiger partial charge in [-0.05, 0) is 38.0 Å². The number of amides is 1. The van der Waals surface area contributed by atoms with Crippen LogP contribution in [0.25, 0.3) is 5.76 Å². The minimum Gasteiger partial charge on any atom is -0.507 e. The van der Waals surface area contributed by atoms with E-state index in [2.05, 4.69) is 12.1 Å². The maximum atomic E-state index is 13.1. The van der Waals surface area contributed by atoms with Crippen molar-refractivity contribution in [1.29, 1.82) is 0 Å². The first kappa shape index (κ1) is 23.3. The number of hydrogen-bond acceptors (Lipinski definition) is 6. The van der Waals surface area contributed by atoms with Gasteiger partial charge >= 0.3 is 5.91 Å². The summed E-state index contributed by atoms with van der Waals surface area (Å²) in [5.74, 6) is -0.355. The normalized spacial score (nSPS) is 17.4. The predicted octanol–water partition coefficient (Wildman–Crippen LogP) is 5.49. The number of nitrogens with zero attached hydrogens (tertiary/aromatic N) is 2. The topological polar surface area (TPSA) is 92.9 Å². The van der Waals surface area contributed by atoms with Crippen molar-refractivity contribution < 1.29 is 24.0 Å². The van der Waals surface area contributed by atoms with E-state index in [0.717, 1.165) is 24.8 Å². The third kappa shape index (κ3) is 4.59. The van der Waals surface area contributed by atoms with Crippen LogP contribution in [0.3, 0.4) is 0 Å². The lowest BCUT2D eigenvalue weighted by atomic mass is 9.95. The fourth-order valence-electron chi connectivity index (χ4n) is 4.01. The van der Waals surface area contributed by atoms with Crippen molar-refractivity contribution in [3.8, 4) is 5.75 Å².